The van der Waals surface area contributed by atoms with E-state index in [0.29, 0.717) is 25.7 Å². The van der Waals surface area contributed by atoms with E-state index in [1.54, 1.807) is 6.92 Å². The Morgan fingerprint density at radius 1 is 1.20 bits per heavy atom. The summed E-state index contributed by atoms with van der Waals surface area (Å²) in [7, 11) is -1.24. The van der Waals surface area contributed by atoms with Gasteiger partial charge in [0.2, 0.25) is 9.05 Å². The van der Waals surface area contributed by atoms with Crippen LogP contribution >= 0.6 is 10.7 Å². The average molecular weight is 275 g/mol. The predicted octanol–water partition coefficient (Wildman–Crippen LogP) is 1.30. The van der Waals surface area contributed by atoms with Crippen LogP contribution in [0.4, 0.5) is 0 Å². The van der Waals surface area contributed by atoms with Crippen LogP contribution in [0.1, 0.15) is 32.6 Å². The van der Waals surface area contributed by atoms with Crippen LogP contribution in [0.2, 0.25) is 0 Å². The first-order valence-electron chi connectivity index (χ1n) is 4.87. The van der Waals surface area contributed by atoms with E-state index in [0.717, 1.165) is 0 Å². The summed E-state index contributed by atoms with van der Waals surface area (Å²) in [5.41, 5.74) is 0. The lowest BCUT2D eigenvalue weighted by atomic mass is 10.2. The highest BCUT2D eigenvalue weighted by Gasteiger charge is 2.53. The SMILES string of the molecule is CCS(=O)(=O)CCCC1(S(=O)(=O)Cl)CC1. The quantitative estimate of drug-likeness (QED) is 0.685. The minimum absolute atomic E-state index is 0.0532. The van der Waals surface area contributed by atoms with E-state index < -0.39 is 23.6 Å². The van der Waals surface area contributed by atoms with Gasteiger partial charge in [0, 0.05) is 16.4 Å². The fourth-order valence-electron chi connectivity index (χ4n) is 1.51. The molecule has 1 fully saturated rings. The fraction of sp³-hybridized carbons (Fsp3) is 1.00. The zero-order chi connectivity index (χ0) is 11.7. The van der Waals surface area contributed by atoms with Gasteiger partial charge in [0.1, 0.15) is 9.84 Å². The van der Waals surface area contributed by atoms with Crippen molar-refractivity contribution in [3.63, 3.8) is 0 Å². The number of halogens is 1. The highest BCUT2D eigenvalue weighted by atomic mass is 35.7. The summed E-state index contributed by atoms with van der Waals surface area (Å²) in [4.78, 5) is 0. The summed E-state index contributed by atoms with van der Waals surface area (Å²) in [5, 5.41) is 0. The van der Waals surface area contributed by atoms with Crippen LogP contribution in [-0.4, -0.2) is 33.1 Å². The molecule has 0 unspecified atom stereocenters. The van der Waals surface area contributed by atoms with Crippen molar-refractivity contribution in [1.82, 2.24) is 0 Å². The molecule has 0 saturated heterocycles. The third-order valence-electron chi connectivity index (χ3n) is 2.85. The van der Waals surface area contributed by atoms with Crippen molar-refractivity contribution in [1.29, 1.82) is 0 Å². The molecule has 0 N–H and O–H groups in total. The molecule has 0 amide bonds. The van der Waals surface area contributed by atoms with E-state index in [9.17, 15) is 16.8 Å². The highest BCUT2D eigenvalue weighted by molar-refractivity contribution is 8.15. The smallest absolute Gasteiger partial charge is 0.229 e. The van der Waals surface area contributed by atoms with Gasteiger partial charge in [0.15, 0.2) is 0 Å². The molecule has 4 nitrogen and oxygen atoms in total. The van der Waals surface area contributed by atoms with Crippen LogP contribution in [0.15, 0.2) is 0 Å². The summed E-state index contributed by atoms with van der Waals surface area (Å²) in [6.07, 6.45) is 1.86. The standard InChI is InChI=1S/C8H15ClO4S2/c1-2-14(10,11)7-3-4-8(5-6-8)15(9,12)13/h2-7H2,1H3. The summed E-state index contributed by atoms with van der Waals surface area (Å²) >= 11 is 0. The molecule has 0 spiro atoms. The van der Waals surface area contributed by atoms with Crippen LogP contribution in [0, 0.1) is 0 Å². The maximum Gasteiger partial charge on any atom is 0.238 e. The number of hydrogen-bond donors (Lipinski definition) is 0. The Balaban J connectivity index is 2.47. The Labute approximate surface area is 95.3 Å². The molecule has 1 aliphatic carbocycles. The summed E-state index contributed by atoms with van der Waals surface area (Å²) in [5.74, 6) is 0.158. The maximum absolute atomic E-state index is 11.2. The van der Waals surface area contributed by atoms with Crippen LogP contribution in [0.5, 0.6) is 0 Å². The number of hydrogen-bond acceptors (Lipinski definition) is 4. The molecule has 90 valence electrons. The molecular weight excluding hydrogens is 260 g/mol. The summed E-state index contributed by atoms with van der Waals surface area (Å²) in [6, 6.07) is 0. The zero-order valence-electron chi connectivity index (χ0n) is 8.57. The van der Waals surface area contributed by atoms with Crippen molar-refractivity contribution >= 4 is 29.6 Å². The molecule has 1 rings (SSSR count). The molecular formula is C8H15ClO4S2. The topological polar surface area (TPSA) is 68.3 Å². The van der Waals surface area contributed by atoms with Crippen LogP contribution < -0.4 is 0 Å². The van der Waals surface area contributed by atoms with Gasteiger partial charge in [-0.1, -0.05) is 6.92 Å². The molecule has 0 radical (unpaired) electrons. The third kappa shape index (κ3) is 3.32. The molecule has 1 aliphatic rings. The second kappa shape index (κ2) is 4.22. The van der Waals surface area contributed by atoms with Gasteiger partial charge in [-0.15, -0.1) is 0 Å². The lowest BCUT2D eigenvalue weighted by Gasteiger charge is -2.10. The van der Waals surface area contributed by atoms with Gasteiger partial charge in [0.25, 0.3) is 0 Å². The normalized spacial score (nSPS) is 20.1. The molecule has 0 atom stereocenters. The van der Waals surface area contributed by atoms with E-state index in [1.165, 1.54) is 0 Å². The van der Waals surface area contributed by atoms with E-state index in [-0.39, 0.29) is 11.5 Å². The Kier molecular flexibility index (Phi) is 3.73. The molecule has 0 aliphatic heterocycles. The highest BCUT2D eigenvalue weighted by Crippen LogP contribution is 2.49. The average Bonchev–Trinajstić information content (AvgIpc) is 2.84. The van der Waals surface area contributed by atoms with E-state index in [2.05, 4.69) is 0 Å². The number of rotatable bonds is 6. The van der Waals surface area contributed by atoms with Gasteiger partial charge in [0.05, 0.1) is 10.5 Å². The van der Waals surface area contributed by atoms with Crippen molar-refractivity contribution < 1.29 is 16.8 Å². The van der Waals surface area contributed by atoms with Crippen LogP contribution in [0.25, 0.3) is 0 Å². The molecule has 0 aromatic heterocycles. The second-order valence-corrected chi connectivity index (χ2v) is 9.39. The molecule has 0 aromatic carbocycles. The summed E-state index contributed by atoms with van der Waals surface area (Å²) < 4.78 is 43.8. The predicted molar refractivity (Wildman–Crippen MR) is 60.3 cm³/mol. The first-order chi connectivity index (χ1) is 6.72. The molecule has 1 saturated carbocycles. The Hall–Kier alpha value is 0.190. The van der Waals surface area contributed by atoms with E-state index >= 15 is 0 Å². The first-order valence-corrected chi connectivity index (χ1v) is 9.00. The van der Waals surface area contributed by atoms with E-state index in [4.69, 9.17) is 10.7 Å². The molecule has 15 heavy (non-hydrogen) atoms. The minimum atomic E-state index is -3.54. The van der Waals surface area contributed by atoms with Gasteiger partial charge >= 0.3 is 0 Å². The Morgan fingerprint density at radius 2 is 1.73 bits per heavy atom. The van der Waals surface area contributed by atoms with Crippen molar-refractivity contribution in [3.8, 4) is 0 Å². The van der Waals surface area contributed by atoms with Crippen molar-refractivity contribution in [2.45, 2.75) is 37.4 Å². The molecule has 0 bridgehead atoms. The number of sulfone groups is 1. The minimum Gasteiger partial charge on any atom is -0.229 e. The molecule has 7 heteroatoms. The van der Waals surface area contributed by atoms with Gasteiger partial charge in [-0.25, -0.2) is 16.8 Å². The monoisotopic (exact) mass is 274 g/mol. The van der Waals surface area contributed by atoms with Gasteiger partial charge < -0.3 is 0 Å². The summed E-state index contributed by atoms with van der Waals surface area (Å²) in [6.45, 7) is 1.58. The first kappa shape index (κ1) is 13.3. The lowest BCUT2D eigenvalue weighted by molar-refractivity contribution is 0.572. The fourth-order valence-corrected chi connectivity index (χ4v) is 4.06. The second-order valence-electron chi connectivity index (χ2n) is 3.96. The van der Waals surface area contributed by atoms with Crippen molar-refractivity contribution in [2.75, 3.05) is 11.5 Å². The molecule has 0 heterocycles. The van der Waals surface area contributed by atoms with Gasteiger partial charge in [-0.2, -0.15) is 0 Å². The zero-order valence-corrected chi connectivity index (χ0v) is 11.0. The van der Waals surface area contributed by atoms with E-state index in [1.807, 2.05) is 0 Å². The lowest BCUT2D eigenvalue weighted by Crippen LogP contribution is -2.19. The molecule has 0 aromatic rings. The Bertz CT molecular complexity index is 420. The van der Waals surface area contributed by atoms with Crippen molar-refractivity contribution in [3.05, 3.63) is 0 Å². The maximum atomic E-state index is 11.2. The largest absolute Gasteiger partial charge is 0.238 e. The van der Waals surface area contributed by atoms with Crippen molar-refractivity contribution in [2.24, 2.45) is 0 Å². The Morgan fingerprint density at radius 3 is 2.07 bits per heavy atom. The van der Waals surface area contributed by atoms with Crippen LogP contribution in [-0.2, 0) is 18.9 Å². The third-order valence-corrected chi connectivity index (χ3v) is 7.27. The van der Waals surface area contributed by atoms with Gasteiger partial charge in [-0.05, 0) is 25.7 Å². The van der Waals surface area contributed by atoms with Gasteiger partial charge in [-0.3, -0.25) is 0 Å². The van der Waals surface area contributed by atoms with Crippen LogP contribution in [0.3, 0.4) is 0 Å².